The van der Waals surface area contributed by atoms with E-state index in [4.69, 9.17) is 4.74 Å². The highest BCUT2D eigenvalue weighted by Gasteiger charge is 2.35. The van der Waals surface area contributed by atoms with E-state index in [1.807, 2.05) is 19.9 Å². The van der Waals surface area contributed by atoms with E-state index in [2.05, 4.69) is 50.3 Å². The molecule has 1 amide bonds. The van der Waals surface area contributed by atoms with Crippen LogP contribution < -0.4 is 10.1 Å². The van der Waals surface area contributed by atoms with E-state index in [1.165, 1.54) is 19.3 Å². The average Bonchev–Trinajstić information content (AvgIpc) is 2.60. The highest BCUT2D eigenvalue weighted by atomic mass is 16.5. The normalized spacial score (nSPS) is 18.0. The number of likely N-dealkylation sites (N-methyl/N-ethyl adjacent to an activating group) is 1. The first-order valence-electron chi connectivity index (χ1n) is 9.97. The molecule has 4 nitrogen and oxygen atoms in total. The van der Waals surface area contributed by atoms with Gasteiger partial charge < -0.3 is 15.0 Å². The number of ether oxygens (including phenoxy) is 1. The van der Waals surface area contributed by atoms with Crippen molar-refractivity contribution in [2.24, 2.45) is 0 Å². The molecule has 1 atom stereocenters. The molecule has 0 aliphatic heterocycles. The van der Waals surface area contributed by atoms with Gasteiger partial charge in [0.25, 0.3) is 5.91 Å². The van der Waals surface area contributed by atoms with Gasteiger partial charge in [0.05, 0.1) is 0 Å². The summed E-state index contributed by atoms with van der Waals surface area (Å²) in [5.41, 5.74) is 2.37. The van der Waals surface area contributed by atoms with Crippen LogP contribution in [0.3, 0.4) is 0 Å². The molecule has 0 unspecified atom stereocenters. The van der Waals surface area contributed by atoms with E-state index in [0.29, 0.717) is 12.5 Å². The SMILES string of the molecule is Cc1ccc(C(C)C)c(O[C@@H](C)C(=O)NCC2(N(C)C)CCCCC2)c1. The van der Waals surface area contributed by atoms with Gasteiger partial charge in [0.1, 0.15) is 5.75 Å². The minimum Gasteiger partial charge on any atom is -0.481 e. The maximum absolute atomic E-state index is 12.7. The van der Waals surface area contributed by atoms with Crippen molar-refractivity contribution in [2.75, 3.05) is 20.6 Å². The van der Waals surface area contributed by atoms with Gasteiger partial charge in [-0.2, -0.15) is 0 Å². The molecule has 0 bridgehead atoms. The molecule has 4 heteroatoms. The first-order chi connectivity index (χ1) is 12.2. The zero-order valence-electron chi connectivity index (χ0n) is 17.4. The van der Waals surface area contributed by atoms with Gasteiger partial charge in [-0.05, 0) is 63.9 Å². The van der Waals surface area contributed by atoms with Crippen molar-refractivity contribution in [1.82, 2.24) is 10.2 Å². The molecule has 0 saturated heterocycles. The minimum absolute atomic E-state index is 0.0342. The van der Waals surface area contributed by atoms with Crippen LogP contribution in [0.15, 0.2) is 18.2 Å². The van der Waals surface area contributed by atoms with Crippen LogP contribution in [0.4, 0.5) is 0 Å². The van der Waals surface area contributed by atoms with Crippen LogP contribution in [0.5, 0.6) is 5.75 Å². The summed E-state index contributed by atoms with van der Waals surface area (Å²) in [6, 6.07) is 6.22. The van der Waals surface area contributed by atoms with E-state index in [1.54, 1.807) is 0 Å². The third kappa shape index (κ3) is 5.00. The number of nitrogens with zero attached hydrogens (tertiary/aromatic N) is 1. The van der Waals surface area contributed by atoms with Gasteiger partial charge in [0.15, 0.2) is 6.10 Å². The lowest BCUT2D eigenvalue weighted by molar-refractivity contribution is -0.128. The van der Waals surface area contributed by atoms with Crippen LogP contribution in [0.2, 0.25) is 0 Å². The van der Waals surface area contributed by atoms with Crippen LogP contribution in [0.1, 0.15) is 69.9 Å². The molecule has 0 radical (unpaired) electrons. The molecule has 2 rings (SSSR count). The van der Waals surface area contributed by atoms with Crippen molar-refractivity contribution in [3.63, 3.8) is 0 Å². The summed E-state index contributed by atoms with van der Waals surface area (Å²) < 4.78 is 6.06. The van der Waals surface area contributed by atoms with Crippen molar-refractivity contribution < 1.29 is 9.53 Å². The number of benzene rings is 1. The van der Waals surface area contributed by atoms with E-state index in [9.17, 15) is 4.79 Å². The molecule has 1 aromatic rings. The molecule has 0 spiro atoms. The number of amides is 1. The van der Waals surface area contributed by atoms with E-state index >= 15 is 0 Å². The van der Waals surface area contributed by atoms with Gasteiger partial charge in [-0.3, -0.25) is 4.79 Å². The monoisotopic (exact) mass is 360 g/mol. The third-order valence-electron chi connectivity index (χ3n) is 5.79. The molecular formula is C22H36N2O2. The number of hydrogen-bond donors (Lipinski definition) is 1. The van der Waals surface area contributed by atoms with E-state index < -0.39 is 6.10 Å². The molecule has 0 heterocycles. The van der Waals surface area contributed by atoms with Gasteiger partial charge in [-0.1, -0.05) is 45.2 Å². The zero-order valence-corrected chi connectivity index (χ0v) is 17.4. The summed E-state index contributed by atoms with van der Waals surface area (Å²) in [4.78, 5) is 15.0. The Labute approximate surface area is 159 Å². The fraction of sp³-hybridized carbons (Fsp3) is 0.682. The van der Waals surface area contributed by atoms with Crippen molar-refractivity contribution in [2.45, 2.75) is 77.4 Å². The Bertz CT molecular complexity index is 604. The number of rotatable bonds is 7. The van der Waals surface area contributed by atoms with Crippen LogP contribution >= 0.6 is 0 Å². The molecular weight excluding hydrogens is 324 g/mol. The van der Waals surface area contributed by atoms with Crippen molar-refractivity contribution in [3.8, 4) is 5.75 Å². The Kier molecular flexibility index (Phi) is 7.10. The number of hydrogen-bond acceptors (Lipinski definition) is 3. The quantitative estimate of drug-likeness (QED) is 0.790. The fourth-order valence-electron chi connectivity index (χ4n) is 3.85. The van der Waals surface area contributed by atoms with Crippen LogP contribution in [0.25, 0.3) is 0 Å². The topological polar surface area (TPSA) is 41.6 Å². The second-order valence-electron chi connectivity index (χ2n) is 8.35. The Morgan fingerprint density at radius 1 is 1.19 bits per heavy atom. The van der Waals surface area contributed by atoms with Gasteiger partial charge >= 0.3 is 0 Å². The van der Waals surface area contributed by atoms with Gasteiger partial charge in [0, 0.05) is 12.1 Å². The van der Waals surface area contributed by atoms with Crippen molar-refractivity contribution in [3.05, 3.63) is 29.3 Å². The van der Waals surface area contributed by atoms with Gasteiger partial charge in [-0.25, -0.2) is 0 Å². The summed E-state index contributed by atoms with van der Waals surface area (Å²) in [7, 11) is 4.25. The second-order valence-corrected chi connectivity index (χ2v) is 8.35. The van der Waals surface area contributed by atoms with E-state index in [0.717, 1.165) is 29.7 Å². The van der Waals surface area contributed by atoms with E-state index in [-0.39, 0.29) is 11.4 Å². The summed E-state index contributed by atoms with van der Waals surface area (Å²) in [6.07, 6.45) is 5.56. The van der Waals surface area contributed by atoms with Crippen LogP contribution in [-0.2, 0) is 4.79 Å². The number of carbonyl (C=O) groups excluding carboxylic acids is 1. The fourth-order valence-corrected chi connectivity index (χ4v) is 3.85. The highest BCUT2D eigenvalue weighted by molar-refractivity contribution is 5.80. The smallest absolute Gasteiger partial charge is 0.260 e. The van der Waals surface area contributed by atoms with Gasteiger partial charge in [0.2, 0.25) is 0 Å². The molecule has 146 valence electrons. The summed E-state index contributed by atoms with van der Waals surface area (Å²) in [5.74, 6) is 1.15. The Balaban J connectivity index is 2.00. The van der Waals surface area contributed by atoms with Crippen LogP contribution in [-0.4, -0.2) is 43.1 Å². The largest absolute Gasteiger partial charge is 0.481 e. The third-order valence-corrected chi connectivity index (χ3v) is 5.79. The number of aryl methyl sites for hydroxylation is 1. The Morgan fingerprint density at radius 2 is 1.85 bits per heavy atom. The first kappa shape index (κ1) is 20.8. The van der Waals surface area contributed by atoms with Crippen LogP contribution in [0, 0.1) is 6.92 Å². The lowest BCUT2D eigenvalue weighted by atomic mass is 9.80. The molecule has 0 aromatic heterocycles. The Morgan fingerprint density at radius 3 is 2.42 bits per heavy atom. The molecule has 1 fully saturated rings. The highest BCUT2D eigenvalue weighted by Crippen LogP contribution is 2.32. The molecule has 1 aromatic carbocycles. The predicted octanol–water partition coefficient (Wildman–Crippen LogP) is 4.27. The summed E-state index contributed by atoms with van der Waals surface area (Å²) in [6.45, 7) is 8.87. The van der Waals surface area contributed by atoms with Gasteiger partial charge in [-0.15, -0.1) is 0 Å². The zero-order chi connectivity index (χ0) is 19.3. The molecule has 1 saturated carbocycles. The summed E-state index contributed by atoms with van der Waals surface area (Å²) >= 11 is 0. The molecule has 1 aliphatic rings. The molecule has 1 aliphatic carbocycles. The number of carbonyl (C=O) groups is 1. The van der Waals surface area contributed by atoms with Crippen molar-refractivity contribution >= 4 is 5.91 Å². The summed E-state index contributed by atoms with van der Waals surface area (Å²) in [5, 5.41) is 3.15. The minimum atomic E-state index is -0.503. The molecule has 1 N–H and O–H groups in total. The average molecular weight is 361 g/mol. The first-order valence-corrected chi connectivity index (χ1v) is 9.97. The lowest BCUT2D eigenvalue weighted by Crippen LogP contribution is -2.55. The molecule has 26 heavy (non-hydrogen) atoms. The maximum atomic E-state index is 12.7. The lowest BCUT2D eigenvalue weighted by Gasteiger charge is -2.43. The predicted molar refractivity (Wildman–Crippen MR) is 108 cm³/mol. The maximum Gasteiger partial charge on any atom is 0.260 e. The Hall–Kier alpha value is -1.55. The van der Waals surface area contributed by atoms with Crippen molar-refractivity contribution in [1.29, 1.82) is 0 Å². The number of nitrogens with one attached hydrogen (secondary N) is 1. The second kappa shape index (κ2) is 8.90. The standard InChI is InChI=1S/C22H36N2O2/c1-16(2)19-11-10-17(3)14-20(19)26-18(4)21(25)23-15-22(24(5)6)12-8-7-9-13-22/h10-11,14,16,18H,7-9,12-13,15H2,1-6H3,(H,23,25)/t18-/m0/s1.